The van der Waals surface area contributed by atoms with Crippen LogP contribution < -0.4 is 10.6 Å². The van der Waals surface area contributed by atoms with Crippen molar-refractivity contribution in [3.05, 3.63) is 0 Å². The standard InChI is InChI=1S/C12H26N2O2.C3H8.C2H6.2H2/c1-3-11-16-12(15)14-10-8-6-5-7-9-13-4-2;1-3-2;1-2;;/h13H,3-11H2,1-2H3,(H,14,15);3H2,1-2H3;1-2H3;2*1H. The summed E-state index contributed by atoms with van der Waals surface area (Å²) in [5.74, 6) is 0. The van der Waals surface area contributed by atoms with Gasteiger partial charge in [0.2, 0.25) is 0 Å². The Balaban J connectivity index is -0.000000137. The number of amides is 1. The largest absolute Gasteiger partial charge is 0.450 e. The van der Waals surface area contributed by atoms with E-state index in [2.05, 4.69) is 31.4 Å². The van der Waals surface area contributed by atoms with E-state index in [0.717, 1.165) is 32.5 Å². The third-order valence-corrected chi connectivity index (χ3v) is 2.24. The summed E-state index contributed by atoms with van der Waals surface area (Å²) in [7, 11) is 0. The highest BCUT2D eigenvalue weighted by molar-refractivity contribution is 5.66. The van der Waals surface area contributed by atoms with Crippen molar-refractivity contribution in [2.24, 2.45) is 0 Å². The second-order valence-corrected chi connectivity index (χ2v) is 4.54. The summed E-state index contributed by atoms with van der Waals surface area (Å²) >= 11 is 0. The van der Waals surface area contributed by atoms with Crippen molar-refractivity contribution in [2.45, 2.75) is 80.1 Å². The molecule has 0 fully saturated rings. The molecule has 21 heavy (non-hydrogen) atoms. The molecule has 0 unspecified atom stereocenters. The third kappa shape index (κ3) is 32.6. The predicted octanol–water partition coefficient (Wildman–Crippen LogP) is 5.23. The molecule has 0 atom stereocenters. The quantitative estimate of drug-likeness (QED) is 0.543. The number of hydrogen-bond acceptors (Lipinski definition) is 3. The summed E-state index contributed by atoms with van der Waals surface area (Å²) < 4.78 is 4.89. The lowest BCUT2D eigenvalue weighted by Crippen LogP contribution is -2.25. The van der Waals surface area contributed by atoms with Crippen molar-refractivity contribution in [1.29, 1.82) is 0 Å². The highest BCUT2D eigenvalue weighted by Crippen LogP contribution is 1.97. The summed E-state index contributed by atoms with van der Waals surface area (Å²) in [5.41, 5.74) is 0. The third-order valence-electron chi connectivity index (χ3n) is 2.24. The van der Waals surface area contributed by atoms with Gasteiger partial charge in [0.25, 0.3) is 0 Å². The molecule has 0 bridgehead atoms. The molecule has 0 saturated heterocycles. The van der Waals surface area contributed by atoms with Crippen LogP contribution in [0.4, 0.5) is 4.79 Å². The Bertz CT molecular complexity index is 186. The molecule has 2 N–H and O–H groups in total. The maximum Gasteiger partial charge on any atom is 0.407 e. The van der Waals surface area contributed by atoms with E-state index in [4.69, 9.17) is 4.74 Å². The molecular formula is C17H44N2O2. The van der Waals surface area contributed by atoms with Gasteiger partial charge in [-0.2, -0.15) is 0 Å². The average Bonchev–Trinajstić information content (AvgIpc) is 2.50. The van der Waals surface area contributed by atoms with E-state index in [1.165, 1.54) is 25.7 Å². The van der Waals surface area contributed by atoms with Crippen molar-refractivity contribution in [2.75, 3.05) is 26.2 Å². The Morgan fingerprint density at radius 3 is 1.95 bits per heavy atom. The van der Waals surface area contributed by atoms with Gasteiger partial charge in [-0.25, -0.2) is 4.79 Å². The van der Waals surface area contributed by atoms with E-state index in [9.17, 15) is 4.79 Å². The maximum absolute atomic E-state index is 11.0. The zero-order chi connectivity index (χ0) is 16.8. The van der Waals surface area contributed by atoms with Crippen LogP contribution in [0.5, 0.6) is 0 Å². The Labute approximate surface area is 136 Å². The predicted molar refractivity (Wildman–Crippen MR) is 98.2 cm³/mol. The van der Waals surface area contributed by atoms with Gasteiger partial charge in [0.15, 0.2) is 0 Å². The maximum atomic E-state index is 11.0. The lowest BCUT2D eigenvalue weighted by molar-refractivity contribution is 0.146. The Morgan fingerprint density at radius 2 is 1.48 bits per heavy atom. The topological polar surface area (TPSA) is 50.4 Å². The van der Waals surface area contributed by atoms with Gasteiger partial charge in [-0.05, 0) is 32.4 Å². The minimum atomic E-state index is -0.283. The molecule has 0 rings (SSSR count). The monoisotopic (exact) mass is 308 g/mol. The van der Waals surface area contributed by atoms with Crippen LogP contribution in [0, 0.1) is 0 Å². The van der Waals surface area contributed by atoms with Crippen LogP contribution in [0.3, 0.4) is 0 Å². The van der Waals surface area contributed by atoms with Crippen molar-refractivity contribution in [3.8, 4) is 0 Å². The summed E-state index contributed by atoms with van der Waals surface area (Å²) in [5, 5.41) is 6.03. The number of carbonyl (C=O) groups excluding carboxylic acids is 1. The second kappa shape index (κ2) is 27.6. The van der Waals surface area contributed by atoms with Crippen molar-refractivity contribution >= 4 is 6.09 Å². The smallest absolute Gasteiger partial charge is 0.407 e. The molecule has 4 nitrogen and oxygen atoms in total. The fourth-order valence-electron chi connectivity index (χ4n) is 1.34. The molecule has 0 saturated carbocycles. The molecule has 0 heterocycles. The summed E-state index contributed by atoms with van der Waals surface area (Å²) in [6.07, 6.45) is 6.48. The first-order chi connectivity index (χ1) is 10.2. The normalized spacial score (nSPS) is 8.86. The number of hydrogen-bond donors (Lipinski definition) is 2. The Morgan fingerprint density at radius 1 is 0.952 bits per heavy atom. The van der Waals surface area contributed by atoms with E-state index in [1.807, 2.05) is 20.8 Å². The van der Waals surface area contributed by atoms with E-state index in [1.54, 1.807) is 0 Å². The number of carbonyl (C=O) groups is 1. The van der Waals surface area contributed by atoms with Gasteiger partial charge in [0.1, 0.15) is 0 Å². The lowest BCUT2D eigenvalue weighted by Gasteiger charge is -2.05. The van der Waals surface area contributed by atoms with Crippen LogP contribution in [-0.4, -0.2) is 32.3 Å². The number of alkyl carbamates (subject to hydrolysis) is 1. The number of rotatable bonds is 10. The van der Waals surface area contributed by atoms with Crippen LogP contribution in [-0.2, 0) is 4.74 Å². The van der Waals surface area contributed by atoms with Crippen LogP contribution in [0.25, 0.3) is 0 Å². The molecule has 0 radical (unpaired) electrons. The van der Waals surface area contributed by atoms with Crippen LogP contribution >= 0.6 is 0 Å². The zero-order valence-electron chi connectivity index (χ0n) is 15.4. The minimum absolute atomic E-state index is 0. The summed E-state index contributed by atoms with van der Waals surface area (Å²) in [4.78, 5) is 11.0. The highest BCUT2D eigenvalue weighted by Gasteiger charge is 1.98. The molecular weight excluding hydrogens is 264 g/mol. The molecule has 0 spiro atoms. The van der Waals surface area contributed by atoms with Crippen LogP contribution in [0.1, 0.15) is 82.9 Å². The molecule has 0 aliphatic carbocycles. The fourth-order valence-corrected chi connectivity index (χ4v) is 1.34. The van der Waals surface area contributed by atoms with E-state index in [-0.39, 0.29) is 8.95 Å². The Hall–Kier alpha value is -0.770. The fraction of sp³-hybridized carbons (Fsp3) is 0.941. The molecule has 0 aromatic rings. The molecule has 134 valence electrons. The average molecular weight is 309 g/mol. The van der Waals surface area contributed by atoms with Crippen molar-refractivity contribution in [1.82, 2.24) is 10.6 Å². The second-order valence-electron chi connectivity index (χ2n) is 4.54. The van der Waals surface area contributed by atoms with Crippen molar-refractivity contribution in [3.63, 3.8) is 0 Å². The van der Waals surface area contributed by atoms with Gasteiger partial charge in [0.05, 0.1) is 6.61 Å². The molecule has 0 aromatic carbocycles. The van der Waals surface area contributed by atoms with Gasteiger partial charge in [-0.1, -0.05) is 60.8 Å². The molecule has 1 amide bonds. The summed E-state index contributed by atoms with van der Waals surface area (Å²) in [6, 6.07) is 0. The van der Waals surface area contributed by atoms with Crippen LogP contribution in [0.15, 0.2) is 0 Å². The zero-order valence-corrected chi connectivity index (χ0v) is 15.4. The van der Waals surface area contributed by atoms with E-state index < -0.39 is 0 Å². The number of unbranched alkanes of at least 4 members (excludes halogenated alkanes) is 3. The first kappa shape index (κ1) is 25.2. The first-order valence-electron chi connectivity index (χ1n) is 8.84. The van der Waals surface area contributed by atoms with Gasteiger partial charge < -0.3 is 15.4 Å². The molecule has 4 heteroatoms. The van der Waals surface area contributed by atoms with Gasteiger partial charge >= 0.3 is 6.09 Å². The number of nitrogens with one attached hydrogen (secondary N) is 2. The first-order valence-corrected chi connectivity index (χ1v) is 8.84. The Kier molecular flexibility index (Phi) is 33.1. The van der Waals surface area contributed by atoms with E-state index >= 15 is 0 Å². The SMILES string of the molecule is CC.CCC.CCCOC(=O)NCCCCCCNCC.[HH].[HH]. The minimum Gasteiger partial charge on any atom is -0.450 e. The van der Waals surface area contributed by atoms with Gasteiger partial charge in [0, 0.05) is 9.40 Å². The van der Waals surface area contributed by atoms with Crippen molar-refractivity contribution < 1.29 is 12.4 Å². The van der Waals surface area contributed by atoms with E-state index in [0.29, 0.717) is 6.61 Å². The number of ether oxygens (including phenoxy) is 1. The van der Waals surface area contributed by atoms with Gasteiger partial charge in [-0.15, -0.1) is 0 Å². The molecule has 0 aliphatic rings. The van der Waals surface area contributed by atoms with Gasteiger partial charge in [-0.3, -0.25) is 0 Å². The summed E-state index contributed by atoms with van der Waals surface area (Å²) in [6.45, 7) is 15.7. The molecule has 0 aliphatic heterocycles. The van der Waals surface area contributed by atoms with Crippen LogP contribution in [0.2, 0.25) is 0 Å². The highest BCUT2D eigenvalue weighted by atomic mass is 16.5. The lowest BCUT2D eigenvalue weighted by atomic mass is 10.2. The molecule has 0 aromatic heterocycles.